The quantitative estimate of drug-likeness (QED) is 0.565. The Labute approximate surface area is 171 Å². The Morgan fingerprint density at radius 1 is 1.31 bits per heavy atom. The van der Waals surface area contributed by atoms with Crippen LogP contribution in [0.2, 0.25) is 0 Å². The Morgan fingerprint density at radius 3 is 2.69 bits per heavy atom. The van der Waals surface area contributed by atoms with Crippen molar-refractivity contribution in [2.24, 2.45) is 0 Å². The molecule has 0 bridgehead atoms. The van der Waals surface area contributed by atoms with Gasteiger partial charge >= 0.3 is 0 Å². The van der Waals surface area contributed by atoms with Crippen molar-refractivity contribution in [1.29, 1.82) is 0 Å². The number of carbonyl (C=O) groups is 1. The van der Waals surface area contributed by atoms with Crippen molar-refractivity contribution in [1.82, 2.24) is 19.3 Å². The highest BCUT2D eigenvalue weighted by molar-refractivity contribution is 7.88. The van der Waals surface area contributed by atoms with E-state index in [9.17, 15) is 13.2 Å². The number of aryl methyl sites for hydroxylation is 1. The molecule has 164 valence electrons. The molecule has 0 spiro atoms. The van der Waals surface area contributed by atoms with Gasteiger partial charge in [-0.3, -0.25) is 9.69 Å². The maximum atomic E-state index is 12.9. The number of rotatable bonds is 8. The van der Waals surface area contributed by atoms with Crippen LogP contribution >= 0.6 is 0 Å². The number of hydrogen-bond acceptors (Lipinski definition) is 8. The van der Waals surface area contributed by atoms with E-state index in [4.69, 9.17) is 14.0 Å². The number of ether oxygens (including phenoxy) is 2. The first-order chi connectivity index (χ1) is 13.8. The van der Waals surface area contributed by atoms with Gasteiger partial charge in [0.2, 0.25) is 10.0 Å². The number of likely N-dealkylation sites (tertiary alicyclic amines) is 1. The molecule has 1 unspecified atom stereocenters. The number of hydrogen-bond donors (Lipinski definition) is 0. The van der Waals surface area contributed by atoms with Gasteiger partial charge in [0.05, 0.1) is 31.6 Å². The normalized spacial score (nSPS) is 21.2. The second-order valence-electron chi connectivity index (χ2n) is 7.52. The zero-order valence-corrected chi connectivity index (χ0v) is 18.1. The van der Waals surface area contributed by atoms with Crippen LogP contribution < -0.4 is 0 Å². The molecule has 2 aliphatic heterocycles. The lowest BCUT2D eigenvalue weighted by molar-refractivity contribution is 0.0353. The fourth-order valence-electron chi connectivity index (χ4n) is 3.87. The third kappa shape index (κ3) is 5.34. The highest BCUT2D eigenvalue weighted by atomic mass is 32.2. The lowest BCUT2D eigenvalue weighted by Crippen LogP contribution is -2.47. The van der Waals surface area contributed by atoms with Crippen molar-refractivity contribution in [2.75, 3.05) is 65.8 Å². The van der Waals surface area contributed by atoms with Gasteiger partial charge < -0.3 is 18.9 Å². The summed E-state index contributed by atoms with van der Waals surface area (Å²) in [5.41, 5.74) is 0.873. The molecule has 1 aromatic heterocycles. The molecule has 10 nitrogen and oxygen atoms in total. The maximum Gasteiger partial charge on any atom is 0.276 e. The SMILES string of the molecule is COCc1c(C(=O)N2CCC(N(CCN3CCOCC3)S(C)(=O)=O)C2)noc1C. The van der Waals surface area contributed by atoms with Crippen LogP contribution in [0.15, 0.2) is 4.52 Å². The Bertz CT molecular complexity index is 805. The van der Waals surface area contributed by atoms with E-state index >= 15 is 0 Å². The fraction of sp³-hybridized carbons (Fsp3) is 0.778. The molecular weight excluding hydrogens is 400 g/mol. The van der Waals surface area contributed by atoms with Crippen molar-refractivity contribution >= 4 is 15.9 Å². The van der Waals surface area contributed by atoms with E-state index in [1.165, 1.54) is 10.6 Å². The Morgan fingerprint density at radius 2 is 2.03 bits per heavy atom. The maximum absolute atomic E-state index is 12.9. The minimum atomic E-state index is -3.39. The topological polar surface area (TPSA) is 105 Å². The van der Waals surface area contributed by atoms with Crippen LogP contribution in [-0.2, 0) is 26.1 Å². The first kappa shape index (κ1) is 22.2. The van der Waals surface area contributed by atoms with Crippen LogP contribution in [0.25, 0.3) is 0 Å². The zero-order valence-electron chi connectivity index (χ0n) is 17.3. The molecule has 3 heterocycles. The van der Waals surface area contributed by atoms with E-state index in [-0.39, 0.29) is 24.2 Å². The summed E-state index contributed by atoms with van der Waals surface area (Å²) in [7, 11) is -1.85. The van der Waals surface area contributed by atoms with Crippen molar-refractivity contribution in [2.45, 2.75) is 26.0 Å². The van der Waals surface area contributed by atoms with Crippen LogP contribution in [0.5, 0.6) is 0 Å². The van der Waals surface area contributed by atoms with Crippen LogP contribution in [0.1, 0.15) is 28.2 Å². The summed E-state index contributed by atoms with van der Waals surface area (Å²) in [6.45, 7) is 6.81. The summed E-state index contributed by atoms with van der Waals surface area (Å²) in [6, 6.07) is -0.242. The molecule has 1 atom stereocenters. The number of sulfonamides is 1. The van der Waals surface area contributed by atoms with E-state index in [0.29, 0.717) is 57.1 Å². The molecule has 29 heavy (non-hydrogen) atoms. The highest BCUT2D eigenvalue weighted by Gasteiger charge is 2.36. The summed E-state index contributed by atoms with van der Waals surface area (Å²) in [5, 5.41) is 3.90. The number of carbonyl (C=O) groups excluding carboxylic acids is 1. The molecular formula is C18H30N4O6S. The van der Waals surface area contributed by atoms with Crippen LogP contribution in [0.4, 0.5) is 0 Å². The molecule has 11 heteroatoms. The third-order valence-corrected chi connectivity index (χ3v) is 6.83. The van der Waals surface area contributed by atoms with E-state index in [0.717, 1.165) is 13.1 Å². The largest absolute Gasteiger partial charge is 0.380 e. The second kappa shape index (κ2) is 9.52. The Kier molecular flexibility index (Phi) is 7.28. The highest BCUT2D eigenvalue weighted by Crippen LogP contribution is 2.23. The zero-order chi connectivity index (χ0) is 21.0. The fourth-order valence-corrected chi connectivity index (χ4v) is 5.00. The minimum absolute atomic E-state index is 0.239. The average Bonchev–Trinajstić information content (AvgIpc) is 3.29. The molecule has 0 aromatic carbocycles. The summed E-state index contributed by atoms with van der Waals surface area (Å²) in [5.74, 6) is 0.298. The van der Waals surface area contributed by atoms with Gasteiger partial charge in [-0.25, -0.2) is 8.42 Å². The number of morpholine rings is 1. The number of methoxy groups -OCH3 is 1. The molecule has 3 rings (SSSR count). The van der Waals surface area contributed by atoms with Crippen LogP contribution in [0.3, 0.4) is 0 Å². The summed E-state index contributed by atoms with van der Waals surface area (Å²) < 4.78 is 42.0. The smallest absolute Gasteiger partial charge is 0.276 e. The van der Waals surface area contributed by atoms with Crippen molar-refractivity contribution in [3.63, 3.8) is 0 Å². The molecule has 1 aromatic rings. The first-order valence-corrected chi connectivity index (χ1v) is 11.7. The van der Waals surface area contributed by atoms with Gasteiger partial charge in [0.25, 0.3) is 5.91 Å². The first-order valence-electron chi connectivity index (χ1n) is 9.81. The Hall–Kier alpha value is -1.53. The lowest BCUT2D eigenvalue weighted by atomic mass is 10.2. The van der Waals surface area contributed by atoms with Crippen LogP contribution in [0, 0.1) is 6.92 Å². The monoisotopic (exact) mass is 430 g/mol. The molecule has 2 aliphatic rings. The average molecular weight is 431 g/mol. The summed E-state index contributed by atoms with van der Waals surface area (Å²) in [4.78, 5) is 16.8. The molecule has 0 radical (unpaired) electrons. The molecule has 1 amide bonds. The van der Waals surface area contributed by atoms with Crippen molar-refractivity contribution in [3.8, 4) is 0 Å². The van der Waals surface area contributed by atoms with Gasteiger partial charge in [0.1, 0.15) is 5.76 Å². The number of aromatic nitrogens is 1. The number of nitrogens with zero attached hydrogens (tertiary/aromatic N) is 4. The van der Waals surface area contributed by atoms with Gasteiger partial charge in [-0.2, -0.15) is 4.31 Å². The van der Waals surface area contributed by atoms with Gasteiger partial charge in [-0.1, -0.05) is 5.16 Å². The van der Waals surface area contributed by atoms with Crippen molar-refractivity contribution in [3.05, 3.63) is 17.0 Å². The van der Waals surface area contributed by atoms with Gasteiger partial charge in [-0.05, 0) is 13.3 Å². The van der Waals surface area contributed by atoms with E-state index in [1.807, 2.05) is 0 Å². The molecule has 2 fully saturated rings. The van der Waals surface area contributed by atoms with Gasteiger partial charge in [0.15, 0.2) is 5.69 Å². The third-order valence-electron chi connectivity index (χ3n) is 5.50. The van der Waals surface area contributed by atoms with E-state index in [2.05, 4.69) is 10.1 Å². The summed E-state index contributed by atoms with van der Waals surface area (Å²) >= 11 is 0. The second-order valence-corrected chi connectivity index (χ2v) is 9.46. The Balaban J connectivity index is 1.65. The van der Waals surface area contributed by atoms with Gasteiger partial charge in [-0.15, -0.1) is 0 Å². The molecule has 0 N–H and O–H groups in total. The molecule has 2 saturated heterocycles. The predicted octanol–water partition coefficient (Wildman–Crippen LogP) is -0.0623. The molecule has 0 saturated carbocycles. The minimum Gasteiger partial charge on any atom is -0.380 e. The predicted molar refractivity (Wildman–Crippen MR) is 105 cm³/mol. The number of amides is 1. The van der Waals surface area contributed by atoms with Crippen LogP contribution in [-0.4, -0.2) is 105 Å². The van der Waals surface area contributed by atoms with E-state index < -0.39 is 10.0 Å². The van der Waals surface area contributed by atoms with E-state index in [1.54, 1.807) is 18.9 Å². The molecule has 0 aliphatic carbocycles. The lowest BCUT2D eigenvalue weighted by Gasteiger charge is -2.31. The van der Waals surface area contributed by atoms with Crippen molar-refractivity contribution < 1.29 is 27.2 Å². The standard InChI is InChI=1S/C18H30N4O6S/c1-14-16(13-26-2)17(19-28-14)18(23)21-5-4-15(12-21)22(29(3,24)25)7-6-20-8-10-27-11-9-20/h15H,4-13H2,1-3H3. The van der Waals surface area contributed by atoms with Gasteiger partial charge in [0, 0.05) is 52.4 Å². The summed E-state index contributed by atoms with van der Waals surface area (Å²) in [6.07, 6.45) is 1.83.